The number of benzene rings is 3. The number of phenols is 1. The van der Waals surface area contributed by atoms with Gasteiger partial charge in [0.2, 0.25) is 0 Å². The number of hydrogen-bond acceptors (Lipinski definition) is 8. The fourth-order valence-electron chi connectivity index (χ4n) is 3.27. The van der Waals surface area contributed by atoms with E-state index in [0.717, 1.165) is 0 Å². The maximum atomic E-state index is 12.9. The summed E-state index contributed by atoms with van der Waals surface area (Å²) >= 11 is 0. The van der Waals surface area contributed by atoms with Gasteiger partial charge < -0.3 is 19.0 Å². The second kappa shape index (κ2) is 8.91. The Hall–Kier alpha value is -4.31. The van der Waals surface area contributed by atoms with Crippen LogP contribution in [0.4, 0.5) is 5.69 Å². The molecule has 0 unspecified atom stereocenters. The van der Waals surface area contributed by atoms with Crippen molar-refractivity contribution in [2.24, 2.45) is 0 Å². The van der Waals surface area contributed by atoms with Crippen molar-refractivity contribution < 1.29 is 32.2 Å². The molecule has 10 heteroatoms. The van der Waals surface area contributed by atoms with Crippen LogP contribution in [0.3, 0.4) is 0 Å². The molecule has 4 rings (SSSR count). The number of carbonyl (C=O) groups excluding carboxylic acids is 1. The summed E-state index contributed by atoms with van der Waals surface area (Å²) in [4.78, 5) is 25.3. The highest BCUT2D eigenvalue weighted by molar-refractivity contribution is 7.92. The summed E-state index contributed by atoms with van der Waals surface area (Å²) < 4.78 is 42.9. The van der Waals surface area contributed by atoms with E-state index in [1.807, 2.05) is 0 Å². The van der Waals surface area contributed by atoms with Crippen LogP contribution in [0.1, 0.15) is 15.9 Å². The van der Waals surface area contributed by atoms with E-state index in [2.05, 4.69) is 4.72 Å². The Morgan fingerprint density at radius 1 is 0.941 bits per heavy atom. The summed E-state index contributed by atoms with van der Waals surface area (Å²) in [5.41, 5.74) is -0.593. The maximum Gasteiger partial charge on any atom is 0.347 e. The lowest BCUT2D eigenvalue weighted by molar-refractivity contribution is 0.103. The largest absolute Gasteiger partial charge is 0.504 e. The second-order valence-corrected chi connectivity index (χ2v) is 8.88. The Kier molecular flexibility index (Phi) is 5.99. The standard InChI is InChI=1S/C24H19NO8S/c1-31-17-7-9-18(10-8-17)34(29,30)25-16-5-3-14(4-6-16)23(27)19-11-15-12-22(32-2)20(26)13-21(15)33-24(19)28/h3-13,25-26H,1-2H3. The maximum absolute atomic E-state index is 12.9. The molecule has 4 aromatic rings. The van der Waals surface area contributed by atoms with E-state index in [-0.39, 0.29) is 38.8 Å². The van der Waals surface area contributed by atoms with Gasteiger partial charge >= 0.3 is 5.63 Å². The van der Waals surface area contributed by atoms with Gasteiger partial charge in [0.1, 0.15) is 16.9 Å². The van der Waals surface area contributed by atoms with Crippen molar-refractivity contribution in [2.45, 2.75) is 4.90 Å². The lowest BCUT2D eigenvalue weighted by Crippen LogP contribution is -2.15. The van der Waals surface area contributed by atoms with Crippen LogP contribution in [0, 0.1) is 0 Å². The van der Waals surface area contributed by atoms with E-state index in [4.69, 9.17) is 13.9 Å². The average Bonchev–Trinajstić information content (AvgIpc) is 2.83. The molecular formula is C24H19NO8S. The van der Waals surface area contributed by atoms with Gasteiger partial charge in [0.25, 0.3) is 10.0 Å². The molecule has 0 fully saturated rings. The molecular weight excluding hydrogens is 462 g/mol. The van der Waals surface area contributed by atoms with Crippen LogP contribution < -0.4 is 19.8 Å². The molecule has 0 radical (unpaired) electrons. The van der Waals surface area contributed by atoms with Crippen molar-refractivity contribution in [3.63, 3.8) is 0 Å². The van der Waals surface area contributed by atoms with Crippen LogP contribution in [-0.2, 0) is 10.0 Å². The lowest BCUT2D eigenvalue weighted by atomic mass is 10.0. The quantitative estimate of drug-likeness (QED) is 0.303. The van der Waals surface area contributed by atoms with Gasteiger partial charge in [-0.1, -0.05) is 0 Å². The number of ketones is 1. The number of phenolic OH excluding ortho intramolecular Hbond substituents is 1. The first-order valence-corrected chi connectivity index (χ1v) is 11.4. The molecule has 1 heterocycles. The van der Waals surface area contributed by atoms with Gasteiger partial charge in [-0.2, -0.15) is 0 Å². The zero-order chi connectivity index (χ0) is 24.5. The minimum absolute atomic E-state index is 0.0451. The van der Waals surface area contributed by atoms with Crippen molar-refractivity contribution in [2.75, 3.05) is 18.9 Å². The van der Waals surface area contributed by atoms with Crippen molar-refractivity contribution in [1.29, 1.82) is 0 Å². The Morgan fingerprint density at radius 3 is 2.24 bits per heavy atom. The molecule has 0 aliphatic heterocycles. The first kappa shape index (κ1) is 22.9. The second-order valence-electron chi connectivity index (χ2n) is 7.20. The van der Waals surface area contributed by atoms with Crippen molar-refractivity contribution >= 4 is 32.5 Å². The molecule has 0 amide bonds. The van der Waals surface area contributed by atoms with Gasteiger partial charge in [0, 0.05) is 22.7 Å². The van der Waals surface area contributed by atoms with Gasteiger partial charge in [-0.25, -0.2) is 13.2 Å². The average molecular weight is 481 g/mol. The number of hydrogen-bond donors (Lipinski definition) is 2. The van der Waals surface area contributed by atoms with Crippen molar-refractivity contribution in [1.82, 2.24) is 0 Å². The number of carbonyl (C=O) groups is 1. The van der Waals surface area contributed by atoms with E-state index in [1.165, 1.54) is 80.9 Å². The molecule has 1 aromatic heterocycles. The van der Waals surface area contributed by atoms with Gasteiger partial charge in [-0.3, -0.25) is 9.52 Å². The van der Waals surface area contributed by atoms with Crippen LogP contribution in [0.5, 0.6) is 17.2 Å². The molecule has 174 valence electrons. The number of aromatic hydroxyl groups is 1. The third kappa shape index (κ3) is 4.44. The van der Waals surface area contributed by atoms with Crippen molar-refractivity contribution in [3.8, 4) is 17.2 Å². The van der Waals surface area contributed by atoms with Gasteiger partial charge in [-0.15, -0.1) is 0 Å². The SMILES string of the molecule is COc1ccc(S(=O)(=O)Nc2ccc(C(=O)c3cc4cc(OC)c(O)cc4oc3=O)cc2)cc1. The van der Waals surface area contributed by atoms with Gasteiger partial charge in [0.15, 0.2) is 17.3 Å². The summed E-state index contributed by atoms with van der Waals surface area (Å²) in [6, 6.07) is 15.5. The number of fused-ring (bicyclic) bond motifs is 1. The molecule has 0 aliphatic carbocycles. The highest BCUT2D eigenvalue weighted by Gasteiger charge is 2.18. The summed E-state index contributed by atoms with van der Waals surface area (Å²) in [5.74, 6) is -0.124. The zero-order valence-electron chi connectivity index (χ0n) is 18.1. The smallest absolute Gasteiger partial charge is 0.347 e. The first-order valence-electron chi connectivity index (χ1n) is 9.88. The van der Waals surface area contributed by atoms with Crippen LogP contribution >= 0.6 is 0 Å². The Morgan fingerprint density at radius 2 is 1.62 bits per heavy atom. The lowest BCUT2D eigenvalue weighted by Gasteiger charge is -2.09. The summed E-state index contributed by atoms with van der Waals surface area (Å²) in [6.45, 7) is 0. The normalized spacial score (nSPS) is 11.2. The minimum Gasteiger partial charge on any atom is -0.504 e. The van der Waals surface area contributed by atoms with E-state index >= 15 is 0 Å². The zero-order valence-corrected chi connectivity index (χ0v) is 18.9. The van der Waals surface area contributed by atoms with Crippen LogP contribution in [-0.4, -0.2) is 33.5 Å². The predicted molar refractivity (Wildman–Crippen MR) is 124 cm³/mol. The fourth-order valence-corrected chi connectivity index (χ4v) is 4.33. The Balaban J connectivity index is 1.59. The molecule has 0 saturated carbocycles. The molecule has 34 heavy (non-hydrogen) atoms. The first-order chi connectivity index (χ1) is 16.2. The molecule has 0 atom stereocenters. The number of methoxy groups -OCH3 is 2. The number of nitrogens with one attached hydrogen (secondary N) is 1. The molecule has 3 aromatic carbocycles. The van der Waals surface area contributed by atoms with Crippen LogP contribution in [0.2, 0.25) is 0 Å². The minimum atomic E-state index is -3.85. The summed E-state index contributed by atoms with van der Waals surface area (Å²) in [6.07, 6.45) is 0. The van der Waals surface area contributed by atoms with Gasteiger partial charge in [-0.05, 0) is 60.7 Å². The molecule has 0 spiro atoms. The third-order valence-electron chi connectivity index (χ3n) is 5.05. The Labute approximate surface area is 194 Å². The summed E-state index contributed by atoms with van der Waals surface area (Å²) in [5, 5.41) is 10.2. The summed E-state index contributed by atoms with van der Waals surface area (Å²) in [7, 11) is -1.00. The topological polar surface area (TPSA) is 132 Å². The molecule has 9 nitrogen and oxygen atoms in total. The number of sulfonamides is 1. The molecule has 0 bridgehead atoms. The molecule has 0 aliphatic rings. The monoisotopic (exact) mass is 481 g/mol. The van der Waals surface area contributed by atoms with E-state index in [1.54, 1.807) is 0 Å². The molecule has 2 N–H and O–H groups in total. The van der Waals surface area contributed by atoms with E-state index < -0.39 is 21.4 Å². The van der Waals surface area contributed by atoms with Crippen molar-refractivity contribution in [3.05, 3.63) is 88.3 Å². The number of rotatable bonds is 7. The highest BCUT2D eigenvalue weighted by Crippen LogP contribution is 2.31. The fraction of sp³-hybridized carbons (Fsp3) is 0.0833. The van der Waals surface area contributed by atoms with Gasteiger partial charge in [0.05, 0.1) is 19.1 Å². The molecule has 0 saturated heterocycles. The highest BCUT2D eigenvalue weighted by atomic mass is 32.2. The predicted octanol–water partition coefficient (Wildman–Crippen LogP) is 3.55. The third-order valence-corrected chi connectivity index (χ3v) is 6.44. The van der Waals surface area contributed by atoms with E-state index in [9.17, 15) is 23.1 Å². The van der Waals surface area contributed by atoms with Crippen LogP contribution in [0.25, 0.3) is 11.0 Å². The number of ether oxygens (including phenoxy) is 2. The number of anilines is 1. The van der Waals surface area contributed by atoms with Crippen LogP contribution in [0.15, 0.2) is 80.8 Å². The van der Waals surface area contributed by atoms with E-state index in [0.29, 0.717) is 11.1 Å². The Bertz CT molecular complexity index is 1540.